The van der Waals surface area contributed by atoms with E-state index >= 15 is 0 Å². The standard InChI is InChI=1S/C59H108O6/c1-4-7-10-13-16-18-20-22-24-26-28-29-31-32-34-36-38-40-43-46-49-52-58(61)64-55-56(54-63-57(60)51-48-45-42-15-12-9-6-3)65-59(62)53-50-47-44-41-39-37-35-33-30-27-25-23-21-19-17-14-11-8-5-2/h17,19,23,25-26,28,56H,4-16,18,20-22,24,27,29-55H2,1-3H3/b19-17-,25-23-,28-26-. The number of unbranched alkanes of at least 4 members (excludes halogenated alkanes) is 35. The van der Waals surface area contributed by atoms with Crippen LogP contribution in [0.25, 0.3) is 0 Å². The van der Waals surface area contributed by atoms with Gasteiger partial charge < -0.3 is 14.2 Å². The number of esters is 3. The van der Waals surface area contributed by atoms with Crippen molar-refractivity contribution in [2.75, 3.05) is 13.2 Å². The molecular weight excluding hydrogens is 805 g/mol. The molecular formula is C59H108O6. The summed E-state index contributed by atoms with van der Waals surface area (Å²) in [4.78, 5) is 37.9. The van der Waals surface area contributed by atoms with Gasteiger partial charge in [0.2, 0.25) is 0 Å². The number of carbonyl (C=O) groups is 3. The second kappa shape index (κ2) is 54.2. The van der Waals surface area contributed by atoms with E-state index in [2.05, 4.69) is 57.2 Å². The van der Waals surface area contributed by atoms with Crippen molar-refractivity contribution >= 4 is 17.9 Å². The van der Waals surface area contributed by atoms with Gasteiger partial charge in [-0.05, 0) is 77.0 Å². The van der Waals surface area contributed by atoms with Crippen LogP contribution in [0.4, 0.5) is 0 Å². The van der Waals surface area contributed by atoms with Gasteiger partial charge >= 0.3 is 17.9 Å². The monoisotopic (exact) mass is 913 g/mol. The average molecular weight is 914 g/mol. The Morgan fingerprint density at radius 2 is 0.554 bits per heavy atom. The highest BCUT2D eigenvalue weighted by molar-refractivity contribution is 5.71. The van der Waals surface area contributed by atoms with E-state index in [0.29, 0.717) is 19.3 Å². The molecule has 0 spiro atoms. The number of hydrogen-bond acceptors (Lipinski definition) is 6. The van der Waals surface area contributed by atoms with Crippen LogP contribution in [-0.4, -0.2) is 37.2 Å². The van der Waals surface area contributed by atoms with Crippen LogP contribution in [0.15, 0.2) is 36.5 Å². The molecule has 0 aromatic rings. The molecule has 0 heterocycles. The highest BCUT2D eigenvalue weighted by Crippen LogP contribution is 2.16. The highest BCUT2D eigenvalue weighted by Gasteiger charge is 2.19. The second-order valence-corrected chi connectivity index (χ2v) is 19.2. The summed E-state index contributed by atoms with van der Waals surface area (Å²) < 4.78 is 16.8. The topological polar surface area (TPSA) is 78.9 Å². The van der Waals surface area contributed by atoms with Crippen LogP contribution in [0.2, 0.25) is 0 Å². The Balaban J connectivity index is 4.18. The van der Waals surface area contributed by atoms with E-state index < -0.39 is 6.10 Å². The van der Waals surface area contributed by atoms with Crippen molar-refractivity contribution in [2.24, 2.45) is 0 Å². The summed E-state index contributed by atoms with van der Waals surface area (Å²) in [5, 5.41) is 0. The number of hydrogen-bond donors (Lipinski definition) is 0. The zero-order chi connectivity index (χ0) is 47.2. The lowest BCUT2D eigenvalue weighted by molar-refractivity contribution is -0.167. The first-order valence-electron chi connectivity index (χ1n) is 28.5. The van der Waals surface area contributed by atoms with Crippen molar-refractivity contribution in [1.29, 1.82) is 0 Å². The zero-order valence-corrected chi connectivity index (χ0v) is 43.5. The molecule has 6 nitrogen and oxygen atoms in total. The lowest BCUT2D eigenvalue weighted by atomic mass is 10.1. The third-order valence-corrected chi connectivity index (χ3v) is 12.6. The van der Waals surface area contributed by atoms with E-state index in [-0.39, 0.29) is 31.1 Å². The Morgan fingerprint density at radius 1 is 0.308 bits per heavy atom. The van der Waals surface area contributed by atoms with E-state index in [4.69, 9.17) is 14.2 Å². The van der Waals surface area contributed by atoms with E-state index in [1.165, 1.54) is 199 Å². The predicted octanol–water partition coefficient (Wildman–Crippen LogP) is 18.9. The van der Waals surface area contributed by atoms with Gasteiger partial charge in [-0.2, -0.15) is 0 Å². The minimum absolute atomic E-state index is 0.0722. The lowest BCUT2D eigenvalue weighted by Gasteiger charge is -2.18. The Bertz CT molecular complexity index is 1090. The summed E-state index contributed by atoms with van der Waals surface area (Å²) in [5.74, 6) is -0.871. The Hall–Kier alpha value is -2.37. The average Bonchev–Trinajstić information content (AvgIpc) is 3.30. The number of ether oxygens (including phenoxy) is 3. The SMILES string of the molecule is CCCCC/C=C\C/C=C\CCCCCCCCCCCC(=O)OC(COC(=O)CCCCCCCCC)COC(=O)CCCCCCCCCCC/C=C\CCCCCCCCCC. The number of allylic oxidation sites excluding steroid dienone is 6. The van der Waals surface area contributed by atoms with Crippen molar-refractivity contribution in [1.82, 2.24) is 0 Å². The van der Waals surface area contributed by atoms with Crippen LogP contribution in [-0.2, 0) is 28.6 Å². The summed E-state index contributed by atoms with van der Waals surface area (Å²) in [6.45, 7) is 6.60. The molecule has 0 saturated heterocycles. The van der Waals surface area contributed by atoms with Crippen molar-refractivity contribution in [3.05, 3.63) is 36.5 Å². The summed E-state index contributed by atoms with van der Waals surface area (Å²) in [6, 6.07) is 0. The van der Waals surface area contributed by atoms with E-state index in [0.717, 1.165) is 64.2 Å². The van der Waals surface area contributed by atoms with Crippen LogP contribution in [0, 0.1) is 0 Å². The maximum Gasteiger partial charge on any atom is 0.306 e. The Labute approximate surface area is 404 Å². The first-order valence-corrected chi connectivity index (χ1v) is 28.5. The summed E-state index contributed by atoms with van der Waals surface area (Å²) in [6.07, 6.45) is 64.4. The number of rotatable bonds is 52. The first kappa shape index (κ1) is 62.6. The molecule has 0 fully saturated rings. The van der Waals surface area contributed by atoms with Gasteiger partial charge in [0, 0.05) is 19.3 Å². The lowest BCUT2D eigenvalue weighted by Crippen LogP contribution is -2.30. The molecule has 0 bridgehead atoms. The molecule has 0 N–H and O–H groups in total. The molecule has 0 saturated carbocycles. The van der Waals surface area contributed by atoms with Crippen LogP contribution in [0.1, 0.15) is 303 Å². The predicted molar refractivity (Wildman–Crippen MR) is 279 cm³/mol. The number of carbonyl (C=O) groups excluding carboxylic acids is 3. The van der Waals surface area contributed by atoms with Crippen LogP contribution in [0.3, 0.4) is 0 Å². The van der Waals surface area contributed by atoms with Gasteiger partial charge in [0.15, 0.2) is 6.10 Å². The van der Waals surface area contributed by atoms with E-state index in [1.807, 2.05) is 0 Å². The minimum Gasteiger partial charge on any atom is -0.462 e. The van der Waals surface area contributed by atoms with Gasteiger partial charge in [-0.3, -0.25) is 14.4 Å². The van der Waals surface area contributed by atoms with E-state index in [1.54, 1.807) is 0 Å². The smallest absolute Gasteiger partial charge is 0.306 e. The summed E-state index contributed by atoms with van der Waals surface area (Å²) in [5.41, 5.74) is 0. The van der Waals surface area contributed by atoms with Gasteiger partial charge in [-0.25, -0.2) is 0 Å². The van der Waals surface area contributed by atoms with Crippen molar-refractivity contribution in [3.8, 4) is 0 Å². The van der Waals surface area contributed by atoms with Gasteiger partial charge in [0.05, 0.1) is 0 Å². The molecule has 0 aromatic heterocycles. The van der Waals surface area contributed by atoms with Gasteiger partial charge in [0.25, 0.3) is 0 Å². The third-order valence-electron chi connectivity index (χ3n) is 12.6. The third kappa shape index (κ3) is 52.5. The molecule has 0 radical (unpaired) electrons. The largest absolute Gasteiger partial charge is 0.462 e. The molecule has 6 heteroatoms. The molecule has 0 aliphatic carbocycles. The van der Waals surface area contributed by atoms with Crippen molar-refractivity contribution in [2.45, 2.75) is 309 Å². The zero-order valence-electron chi connectivity index (χ0n) is 43.5. The molecule has 0 rings (SSSR count). The Morgan fingerprint density at radius 3 is 0.892 bits per heavy atom. The molecule has 0 aliphatic heterocycles. The fraction of sp³-hybridized carbons (Fsp3) is 0.847. The van der Waals surface area contributed by atoms with Gasteiger partial charge in [0.1, 0.15) is 13.2 Å². The van der Waals surface area contributed by atoms with Crippen molar-refractivity contribution in [3.63, 3.8) is 0 Å². The maximum atomic E-state index is 12.8. The van der Waals surface area contributed by atoms with Crippen LogP contribution >= 0.6 is 0 Å². The fourth-order valence-corrected chi connectivity index (χ4v) is 8.29. The van der Waals surface area contributed by atoms with Crippen LogP contribution in [0.5, 0.6) is 0 Å². The summed E-state index contributed by atoms with van der Waals surface area (Å²) in [7, 11) is 0. The Kier molecular flexibility index (Phi) is 52.3. The molecule has 0 amide bonds. The molecule has 1 atom stereocenters. The van der Waals surface area contributed by atoms with Crippen LogP contribution < -0.4 is 0 Å². The van der Waals surface area contributed by atoms with E-state index in [9.17, 15) is 14.4 Å². The molecule has 0 aromatic carbocycles. The second-order valence-electron chi connectivity index (χ2n) is 19.2. The maximum absolute atomic E-state index is 12.8. The first-order chi connectivity index (χ1) is 32.0. The molecule has 1 unspecified atom stereocenters. The molecule has 0 aliphatic rings. The quantitative estimate of drug-likeness (QED) is 0.0262. The van der Waals surface area contributed by atoms with Gasteiger partial charge in [-0.15, -0.1) is 0 Å². The molecule has 380 valence electrons. The fourth-order valence-electron chi connectivity index (χ4n) is 8.29. The van der Waals surface area contributed by atoms with Gasteiger partial charge in [-0.1, -0.05) is 243 Å². The molecule has 65 heavy (non-hydrogen) atoms. The highest BCUT2D eigenvalue weighted by atomic mass is 16.6. The summed E-state index contributed by atoms with van der Waals surface area (Å²) >= 11 is 0. The normalized spacial score (nSPS) is 12.2. The minimum atomic E-state index is -0.771. The van der Waals surface area contributed by atoms with Crippen molar-refractivity contribution < 1.29 is 28.6 Å².